The summed E-state index contributed by atoms with van der Waals surface area (Å²) in [6.45, 7) is 7.64. The Morgan fingerprint density at radius 1 is 0.944 bits per heavy atom. The highest BCUT2D eigenvalue weighted by Gasteiger charge is 2.28. The normalized spacial score (nSPS) is 16.9. The number of hydrogen-bond donors (Lipinski definition) is 2. The van der Waals surface area contributed by atoms with E-state index in [0.717, 1.165) is 32.2 Å². The van der Waals surface area contributed by atoms with Gasteiger partial charge in [0.25, 0.3) is 5.91 Å². The Morgan fingerprint density at radius 2 is 1.53 bits per heavy atom. The molecule has 2 aromatic carbocycles. The second-order valence-electron chi connectivity index (χ2n) is 8.63. The predicted octanol–water partition coefficient (Wildman–Crippen LogP) is 4.42. The topological polar surface area (TPSA) is 95.7 Å². The predicted molar refractivity (Wildman–Crippen MR) is 145 cm³/mol. The van der Waals surface area contributed by atoms with Crippen LogP contribution in [0, 0.1) is 0 Å². The molecule has 7 nitrogen and oxygen atoms in total. The van der Waals surface area contributed by atoms with Crippen LogP contribution in [0.4, 0.5) is 0 Å². The van der Waals surface area contributed by atoms with E-state index in [9.17, 15) is 14.4 Å². The fourth-order valence-electron chi connectivity index (χ4n) is 4.60. The second-order valence-corrected chi connectivity index (χ2v) is 9.04. The molecule has 1 heterocycles. The number of primary amides is 1. The number of halogens is 1. The first kappa shape index (κ1) is 29.3. The summed E-state index contributed by atoms with van der Waals surface area (Å²) in [6, 6.07) is 16.2. The smallest absolute Gasteiger partial charge is 0.255 e. The maximum absolute atomic E-state index is 12.5. The Balaban J connectivity index is 0.000000262. The summed E-state index contributed by atoms with van der Waals surface area (Å²) in [5.41, 5.74) is 6.41. The zero-order chi connectivity index (χ0) is 26.3. The van der Waals surface area contributed by atoms with Crippen LogP contribution in [0.2, 0.25) is 5.02 Å². The molecule has 8 heteroatoms. The summed E-state index contributed by atoms with van der Waals surface area (Å²) >= 11 is 6.13. The molecule has 196 valence electrons. The number of rotatable bonds is 6. The summed E-state index contributed by atoms with van der Waals surface area (Å²) in [5.74, 6) is -0.498. The monoisotopic (exact) mass is 514 g/mol. The van der Waals surface area contributed by atoms with Gasteiger partial charge < -0.3 is 16.0 Å². The lowest BCUT2D eigenvalue weighted by Crippen LogP contribution is -2.52. The molecule has 3 amide bonds. The number of hydrogen-bond acceptors (Lipinski definition) is 4. The van der Waals surface area contributed by atoms with Crippen molar-refractivity contribution in [3.63, 3.8) is 0 Å². The van der Waals surface area contributed by atoms with Crippen molar-refractivity contribution in [1.29, 1.82) is 0 Å². The summed E-state index contributed by atoms with van der Waals surface area (Å²) in [5, 5.41) is 2.90. The molecular formula is C28H39ClN4O3. The molecular weight excluding hydrogens is 476 g/mol. The molecule has 4 rings (SSSR count). The number of nitrogens with two attached hydrogens (primary N) is 1. The highest BCUT2D eigenvalue weighted by molar-refractivity contribution is 6.33. The second kappa shape index (κ2) is 16.0. The Hall–Kier alpha value is -2.90. The lowest BCUT2D eigenvalue weighted by molar-refractivity contribution is -0.122. The van der Waals surface area contributed by atoms with Crippen molar-refractivity contribution >= 4 is 29.8 Å². The zero-order valence-corrected chi connectivity index (χ0v) is 22.1. The quantitative estimate of drug-likeness (QED) is 0.558. The maximum atomic E-state index is 12.5. The van der Waals surface area contributed by atoms with Crippen LogP contribution in [0.5, 0.6) is 0 Å². The number of benzene rings is 2. The van der Waals surface area contributed by atoms with Crippen LogP contribution in [-0.4, -0.2) is 60.2 Å². The van der Waals surface area contributed by atoms with E-state index >= 15 is 0 Å². The van der Waals surface area contributed by atoms with Crippen molar-refractivity contribution in [1.82, 2.24) is 15.1 Å². The summed E-state index contributed by atoms with van der Waals surface area (Å²) < 4.78 is 0. The fraction of sp³-hybridized carbons (Fsp3) is 0.464. The molecule has 36 heavy (non-hydrogen) atoms. The van der Waals surface area contributed by atoms with E-state index in [1.54, 1.807) is 30.3 Å². The van der Waals surface area contributed by atoms with Gasteiger partial charge in [-0.2, -0.15) is 0 Å². The number of carbonyl (C=O) groups excluding carboxylic acids is 3. The maximum Gasteiger partial charge on any atom is 0.255 e. The third-order valence-electron chi connectivity index (χ3n) is 6.45. The van der Waals surface area contributed by atoms with Crippen molar-refractivity contribution in [3.8, 4) is 0 Å². The molecule has 1 atom stereocenters. The van der Waals surface area contributed by atoms with E-state index in [1.807, 2.05) is 43.0 Å². The lowest BCUT2D eigenvalue weighted by Gasteiger charge is -2.40. The Bertz CT molecular complexity index is 943. The fourth-order valence-corrected chi connectivity index (χ4v) is 4.81. The molecule has 1 aliphatic carbocycles. The van der Waals surface area contributed by atoms with Gasteiger partial charge in [-0.3, -0.25) is 19.3 Å². The standard InChI is InChI=1S/C17H23ClN2O.C9H10N2O2.C2H6/c18-16-9-5-4-8-15(16)17(21)20-12-10-19(11-13-20)14-6-2-1-3-7-14;10-9(13)8(11-6-12)7-4-2-1-3-5-7;1-2/h4-5,8-9,14H,1-3,6-7,10-13H2;1-6,8H,(H2,10,13)(H,11,12);1-2H3. The van der Waals surface area contributed by atoms with Crippen molar-refractivity contribution in [2.45, 2.75) is 58.0 Å². The minimum atomic E-state index is -0.737. The molecule has 3 N–H and O–H groups in total. The molecule has 1 unspecified atom stereocenters. The van der Waals surface area contributed by atoms with Gasteiger partial charge in [-0.15, -0.1) is 0 Å². The van der Waals surface area contributed by atoms with Gasteiger partial charge in [0.1, 0.15) is 6.04 Å². The van der Waals surface area contributed by atoms with E-state index in [-0.39, 0.29) is 5.91 Å². The van der Waals surface area contributed by atoms with Crippen molar-refractivity contribution in [3.05, 3.63) is 70.7 Å². The Labute approximate surface area is 220 Å². The van der Waals surface area contributed by atoms with Crippen LogP contribution in [-0.2, 0) is 9.59 Å². The van der Waals surface area contributed by atoms with Crippen LogP contribution < -0.4 is 11.1 Å². The molecule has 1 saturated carbocycles. The average molecular weight is 515 g/mol. The largest absolute Gasteiger partial charge is 0.368 e. The first-order valence-corrected chi connectivity index (χ1v) is 13.2. The van der Waals surface area contributed by atoms with Crippen molar-refractivity contribution < 1.29 is 14.4 Å². The Kier molecular flexibility index (Phi) is 13.0. The van der Waals surface area contributed by atoms with Gasteiger partial charge >= 0.3 is 0 Å². The van der Waals surface area contributed by atoms with E-state index in [2.05, 4.69) is 10.2 Å². The van der Waals surface area contributed by atoms with E-state index in [1.165, 1.54) is 32.1 Å². The average Bonchev–Trinajstić information content (AvgIpc) is 2.94. The molecule has 2 fully saturated rings. The van der Waals surface area contributed by atoms with Crippen LogP contribution in [0.1, 0.15) is 67.9 Å². The highest BCUT2D eigenvalue weighted by atomic mass is 35.5. The summed E-state index contributed by atoms with van der Waals surface area (Å²) in [4.78, 5) is 38.1. The molecule has 0 bridgehead atoms. The minimum absolute atomic E-state index is 0.0731. The van der Waals surface area contributed by atoms with Crippen LogP contribution in [0.15, 0.2) is 54.6 Å². The molecule has 0 radical (unpaired) electrons. The molecule has 1 saturated heterocycles. The number of nitrogens with one attached hydrogen (secondary N) is 1. The van der Waals surface area contributed by atoms with Crippen LogP contribution in [0.25, 0.3) is 0 Å². The molecule has 2 aromatic rings. The number of amides is 3. The molecule has 2 aliphatic rings. The van der Waals surface area contributed by atoms with Crippen molar-refractivity contribution in [2.24, 2.45) is 5.73 Å². The van der Waals surface area contributed by atoms with Gasteiger partial charge in [0.15, 0.2) is 0 Å². The SMILES string of the molecule is CC.NC(=O)C(NC=O)c1ccccc1.O=C(c1ccccc1Cl)N1CCN(C2CCCCC2)CC1. The summed E-state index contributed by atoms with van der Waals surface area (Å²) in [7, 11) is 0. The number of nitrogens with zero attached hydrogens (tertiary/aromatic N) is 2. The van der Waals surface area contributed by atoms with Gasteiger partial charge in [0.2, 0.25) is 12.3 Å². The van der Waals surface area contributed by atoms with Crippen LogP contribution >= 0.6 is 11.6 Å². The first-order chi connectivity index (χ1) is 17.5. The molecule has 0 spiro atoms. The zero-order valence-electron chi connectivity index (χ0n) is 21.4. The first-order valence-electron chi connectivity index (χ1n) is 12.8. The molecule has 0 aromatic heterocycles. The minimum Gasteiger partial charge on any atom is -0.368 e. The van der Waals surface area contributed by atoms with Gasteiger partial charge in [0, 0.05) is 32.2 Å². The van der Waals surface area contributed by atoms with Crippen LogP contribution in [0.3, 0.4) is 0 Å². The highest BCUT2D eigenvalue weighted by Crippen LogP contribution is 2.24. The van der Waals surface area contributed by atoms with Gasteiger partial charge in [-0.05, 0) is 30.5 Å². The van der Waals surface area contributed by atoms with E-state index in [4.69, 9.17) is 17.3 Å². The Morgan fingerprint density at radius 3 is 2.08 bits per heavy atom. The van der Waals surface area contributed by atoms with E-state index in [0.29, 0.717) is 22.6 Å². The van der Waals surface area contributed by atoms with Crippen molar-refractivity contribution in [2.75, 3.05) is 26.2 Å². The third kappa shape index (κ3) is 8.64. The van der Waals surface area contributed by atoms with Gasteiger partial charge in [-0.25, -0.2) is 0 Å². The number of carbonyl (C=O) groups is 3. The van der Waals surface area contributed by atoms with Gasteiger partial charge in [-0.1, -0.05) is 87.2 Å². The molecule has 1 aliphatic heterocycles. The summed E-state index contributed by atoms with van der Waals surface area (Å²) in [6.07, 6.45) is 7.24. The number of piperazine rings is 1. The third-order valence-corrected chi connectivity index (χ3v) is 6.78. The lowest BCUT2D eigenvalue weighted by atomic mass is 9.94. The van der Waals surface area contributed by atoms with E-state index < -0.39 is 11.9 Å². The van der Waals surface area contributed by atoms with Gasteiger partial charge in [0.05, 0.1) is 10.6 Å².